The highest BCUT2D eigenvalue weighted by atomic mass is 79.9. The van der Waals surface area contributed by atoms with Crippen molar-refractivity contribution in [2.75, 3.05) is 7.11 Å². The summed E-state index contributed by atoms with van der Waals surface area (Å²) in [5, 5.41) is 4.89. The summed E-state index contributed by atoms with van der Waals surface area (Å²) in [6.45, 7) is 4.22. The van der Waals surface area contributed by atoms with Gasteiger partial charge in [-0.25, -0.2) is 4.98 Å². The maximum absolute atomic E-state index is 13.0. The summed E-state index contributed by atoms with van der Waals surface area (Å²) in [6, 6.07) is 17.2. The molecule has 0 unspecified atom stereocenters. The highest BCUT2D eigenvalue weighted by Gasteiger charge is 2.11. The Morgan fingerprint density at radius 2 is 1.79 bits per heavy atom. The quantitative estimate of drug-likeness (QED) is 0.266. The molecular formula is C25H21Br2N3O3. The lowest BCUT2D eigenvalue weighted by molar-refractivity contribution is 0.284. The SMILES string of the molecule is COc1cc(C=Nn2c(C)nc3ccc(Br)cc3c2=O)c(Br)cc1OCc1ccc(C)cc1. The molecule has 6 nitrogen and oxygen atoms in total. The van der Waals surface area contributed by atoms with Crippen molar-refractivity contribution in [2.45, 2.75) is 20.5 Å². The number of hydrogen-bond donors (Lipinski definition) is 0. The monoisotopic (exact) mass is 569 g/mol. The van der Waals surface area contributed by atoms with E-state index in [-0.39, 0.29) is 5.56 Å². The third kappa shape index (κ3) is 5.17. The molecule has 3 aromatic carbocycles. The van der Waals surface area contributed by atoms with E-state index in [9.17, 15) is 4.79 Å². The van der Waals surface area contributed by atoms with Gasteiger partial charge in [-0.05, 0) is 65.7 Å². The zero-order chi connectivity index (χ0) is 23.5. The van der Waals surface area contributed by atoms with Gasteiger partial charge in [0.2, 0.25) is 0 Å². The van der Waals surface area contributed by atoms with Gasteiger partial charge in [-0.3, -0.25) is 4.79 Å². The van der Waals surface area contributed by atoms with Gasteiger partial charge >= 0.3 is 0 Å². The first-order valence-electron chi connectivity index (χ1n) is 10.1. The third-order valence-corrected chi connectivity index (χ3v) is 6.26. The topological polar surface area (TPSA) is 65.7 Å². The molecule has 1 heterocycles. The highest BCUT2D eigenvalue weighted by Crippen LogP contribution is 2.33. The molecule has 0 atom stereocenters. The van der Waals surface area contributed by atoms with Crippen LogP contribution in [0.25, 0.3) is 10.9 Å². The summed E-state index contributed by atoms with van der Waals surface area (Å²) >= 11 is 6.97. The second-order valence-corrected chi connectivity index (χ2v) is 9.25. The zero-order valence-electron chi connectivity index (χ0n) is 18.3. The van der Waals surface area contributed by atoms with Crippen molar-refractivity contribution in [1.29, 1.82) is 0 Å². The third-order valence-electron chi connectivity index (χ3n) is 5.08. The predicted octanol–water partition coefficient (Wildman–Crippen LogP) is 6.01. The van der Waals surface area contributed by atoms with Crippen molar-refractivity contribution >= 4 is 49.0 Å². The van der Waals surface area contributed by atoms with Gasteiger partial charge in [0, 0.05) is 14.5 Å². The molecule has 0 aliphatic rings. The smallest absolute Gasteiger partial charge is 0.282 e. The standard InChI is InChI=1S/C25H21Br2N3O3/c1-15-4-6-17(7-5-15)14-33-24-12-21(27)18(10-23(24)32-3)13-28-30-16(2)29-22-9-8-19(26)11-20(22)25(30)31/h4-13H,14H2,1-3H3. The summed E-state index contributed by atoms with van der Waals surface area (Å²) in [6.07, 6.45) is 1.59. The number of halogens is 2. The van der Waals surface area contributed by atoms with Crippen LogP contribution in [0.1, 0.15) is 22.5 Å². The van der Waals surface area contributed by atoms with Crippen molar-refractivity contribution in [3.8, 4) is 11.5 Å². The van der Waals surface area contributed by atoms with Crippen molar-refractivity contribution < 1.29 is 9.47 Å². The number of fused-ring (bicyclic) bond motifs is 1. The van der Waals surface area contributed by atoms with Gasteiger partial charge in [-0.2, -0.15) is 9.78 Å². The molecular weight excluding hydrogens is 550 g/mol. The van der Waals surface area contributed by atoms with Gasteiger partial charge < -0.3 is 9.47 Å². The van der Waals surface area contributed by atoms with Crippen LogP contribution in [0.5, 0.6) is 11.5 Å². The van der Waals surface area contributed by atoms with E-state index in [1.807, 2.05) is 37.3 Å². The van der Waals surface area contributed by atoms with E-state index >= 15 is 0 Å². The van der Waals surface area contributed by atoms with E-state index in [0.717, 1.165) is 20.1 Å². The Kier molecular flexibility index (Phi) is 6.95. The lowest BCUT2D eigenvalue weighted by Crippen LogP contribution is -2.20. The molecule has 0 aliphatic heterocycles. The Bertz CT molecular complexity index is 1410. The number of aryl methyl sites for hydroxylation is 2. The summed E-state index contributed by atoms with van der Waals surface area (Å²) in [5.41, 5.74) is 3.39. The van der Waals surface area contributed by atoms with Crippen LogP contribution in [0.4, 0.5) is 0 Å². The van der Waals surface area contributed by atoms with Crippen LogP contribution in [-0.4, -0.2) is 23.0 Å². The second-order valence-electron chi connectivity index (χ2n) is 7.48. The molecule has 0 aliphatic carbocycles. The Morgan fingerprint density at radius 3 is 2.52 bits per heavy atom. The Labute approximate surface area is 208 Å². The Balaban J connectivity index is 1.63. The molecule has 0 spiro atoms. The van der Waals surface area contributed by atoms with Crippen LogP contribution in [0.2, 0.25) is 0 Å². The highest BCUT2D eigenvalue weighted by molar-refractivity contribution is 9.10. The fraction of sp³-hybridized carbons (Fsp3) is 0.160. The predicted molar refractivity (Wildman–Crippen MR) is 138 cm³/mol. The molecule has 0 N–H and O–H groups in total. The summed E-state index contributed by atoms with van der Waals surface area (Å²) in [4.78, 5) is 17.4. The van der Waals surface area contributed by atoms with E-state index in [2.05, 4.69) is 54.1 Å². The normalized spacial score (nSPS) is 11.3. The van der Waals surface area contributed by atoms with Gasteiger partial charge in [0.1, 0.15) is 12.4 Å². The molecule has 0 saturated carbocycles. The molecule has 33 heavy (non-hydrogen) atoms. The van der Waals surface area contributed by atoms with Crippen LogP contribution in [0, 0.1) is 13.8 Å². The van der Waals surface area contributed by atoms with E-state index in [4.69, 9.17) is 9.47 Å². The molecule has 1 aromatic heterocycles. The van der Waals surface area contributed by atoms with Gasteiger partial charge in [-0.15, -0.1) is 0 Å². The van der Waals surface area contributed by atoms with Crippen molar-refractivity contribution in [3.05, 3.63) is 96.4 Å². The molecule has 168 valence electrons. The summed E-state index contributed by atoms with van der Waals surface area (Å²) < 4.78 is 14.4. The fourth-order valence-corrected chi connectivity index (χ4v) is 4.07. The molecule has 0 bridgehead atoms. The van der Waals surface area contributed by atoms with Crippen LogP contribution in [-0.2, 0) is 6.61 Å². The van der Waals surface area contributed by atoms with Gasteiger partial charge in [0.05, 0.1) is 24.2 Å². The number of hydrogen-bond acceptors (Lipinski definition) is 5. The van der Waals surface area contributed by atoms with Crippen LogP contribution in [0.3, 0.4) is 0 Å². The minimum absolute atomic E-state index is 0.240. The van der Waals surface area contributed by atoms with Crippen molar-refractivity contribution in [3.63, 3.8) is 0 Å². The summed E-state index contributed by atoms with van der Waals surface area (Å²) in [7, 11) is 1.59. The minimum atomic E-state index is -0.240. The first-order valence-corrected chi connectivity index (χ1v) is 11.7. The minimum Gasteiger partial charge on any atom is -0.493 e. The van der Waals surface area contributed by atoms with E-state index in [1.165, 1.54) is 10.2 Å². The summed E-state index contributed by atoms with van der Waals surface area (Å²) in [5.74, 6) is 1.66. The first kappa shape index (κ1) is 23.2. The second kappa shape index (κ2) is 9.89. The lowest BCUT2D eigenvalue weighted by Gasteiger charge is -2.13. The fourth-order valence-electron chi connectivity index (χ4n) is 3.28. The van der Waals surface area contributed by atoms with Gasteiger partial charge in [-0.1, -0.05) is 45.8 Å². The van der Waals surface area contributed by atoms with Gasteiger partial charge in [0.25, 0.3) is 5.56 Å². The first-order chi connectivity index (χ1) is 15.9. The number of benzene rings is 3. The van der Waals surface area contributed by atoms with Crippen molar-refractivity contribution in [1.82, 2.24) is 9.66 Å². The molecule has 0 amide bonds. The molecule has 0 saturated heterocycles. The molecule has 4 rings (SSSR count). The molecule has 0 fully saturated rings. The number of ether oxygens (including phenoxy) is 2. The average molecular weight is 571 g/mol. The number of methoxy groups -OCH3 is 1. The lowest BCUT2D eigenvalue weighted by atomic mass is 10.2. The maximum Gasteiger partial charge on any atom is 0.282 e. The van der Waals surface area contributed by atoms with Gasteiger partial charge in [0.15, 0.2) is 11.5 Å². The molecule has 0 radical (unpaired) electrons. The zero-order valence-corrected chi connectivity index (χ0v) is 21.5. The maximum atomic E-state index is 13.0. The Morgan fingerprint density at radius 1 is 1.03 bits per heavy atom. The molecule has 8 heteroatoms. The van der Waals surface area contributed by atoms with E-state index in [1.54, 1.807) is 32.4 Å². The number of aromatic nitrogens is 2. The number of rotatable bonds is 6. The van der Waals surface area contributed by atoms with Crippen LogP contribution < -0.4 is 15.0 Å². The number of nitrogens with zero attached hydrogens (tertiary/aromatic N) is 3. The largest absolute Gasteiger partial charge is 0.493 e. The van der Waals surface area contributed by atoms with Crippen LogP contribution in [0.15, 0.2) is 73.4 Å². The Hall–Kier alpha value is -2.97. The average Bonchev–Trinajstić information content (AvgIpc) is 2.80. The van der Waals surface area contributed by atoms with E-state index in [0.29, 0.717) is 34.8 Å². The van der Waals surface area contributed by atoms with E-state index < -0.39 is 0 Å². The van der Waals surface area contributed by atoms with Crippen molar-refractivity contribution in [2.24, 2.45) is 5.10 Å². The van der Waals surface area contributed by atoms with Crippen LogP contribution >= 0.6 is 31.9 Å². The molecule has 4 aromatic rings.